The van der Waals surface area contributed by atoms with Gasteiger partial charge in [-0.25, -0.2) is 4.79 Å². The maximum Gasteiger partial charge on any atom is 0.330 e. The lowest BCUT2D eigenvalue weighted by molar-refractivity contribution is -0.132. The van der Waals surface area contributed by atoms with Crippen LogP contribution < -0.4 is 0 Å². The molecule has 0 aliphatic rings. The Morgan fingerprint density at radius 3 is 2.60 bits per heavy atom. The molecule has 2 N–H and O–H groups in total. The number of rotatable bonds is 3. The third-order valence-electron chi connectivity index (χ3n) is 0.943. The molecule has 0 aliphatic heterocycles. The first-order valence-corrected chi connectivity index (χ1v) is 3.18. The quantitative estimate of drug-likeness (QED) is 0.475. The molecule has 1 unspecified atom stereocenters. The van der Waals surface area contributed by atoms with Gasteiger partial charge >= 0.3 is 5.97 Å². The summed E-state index contributed by atoms with van der Waals surface area (Å²) in [7, 11) is 0. The van der Waals surface area contributed by atoms with Gasteiger partial charge < -0.3 is 10.2 Å². The van der Waals surface area contributed by atoms with E-state index < -0.39 is 11.3 Å². The number of alkyl halides is 1. The van der Waals surface area contributed by atoms with Crippen LogP contribution in [0.3, 0.4) is 0 Å². The number of carboxylic acids is 1. The Kier molecular flexibility index (Phi) is 4.07. The second-order valence-corrected chi connectivity index (χ2v) is 2.41. The molecule has 1 atom stereocenters. The Morgan fingerprint density at radius 2 is 2.30 bits per heavy atom. The highest BCUT2D eigenvalue weighted by atomic mass is 35.5. The molecule has 10 heavy (non-hydrogen) atoms. The van der Waals surface area contributed by atoms with E-state index in [1.54, 1.807) is 0 Å². The summed E-state index contributed by atoms with van der Waals surface area (Å²) in [5, 5.41) is 16.1. The number of carboxylic acid groups (broad SMARTS) is 1. The van der Waals surface area contributed by atoms with Gasteiger partial charge in [0.2, 0.25) is 0 Å². The highest BCUT2D eigenvalue weighted by Gasteiger charge is 2.03. The van der Waals surface area contributed by atoms with E-state index in [1.165, 1.54) is 13.0 Å². The molecule has 3 nitrogen and oxygen atoms in total. The number of aliphatic hydroxyl groups is 1. The SMILES string of the molecule is CC(=CC(Cl)CO)C(=O)O. The second kappa shape index (κ2) is 4.30. The average molecular weight is 165 g/mol. The zero-order valence-electron chi connectivity index (χ0n) is 5.54. The number of halogens is 1. The van der Waals surface area contributed by atoms with E-state index in [0.29, 0.717) is 0 Å². The van der Waals surface area contributed by atoms with Gasteiger partial charge in [0.25, 0.3) is 0 Å². The first kappa shape index (κ1) is 9.46. The van der Waals surface area contributed by atoms with Crippen molar-refractivity contribution in [1.29, 1.82) is 0 Å². The van der Waals surface area contributed by atoms with Crippen molar-refractivity contribution in [3.05, 3.63) is 11.6 Å². The number of aliphatic hydroxyl groups excluding tert-OH is 1. The topological polar surface area (TPSA) is 57.5 Å². The molecule has 0 amide bonds. The van der Waals surface area contributed by atoms with Crippen LogP contribution >= 0.6 is 11.6 Å². The zero-order valence-corrected chi connectivity index (χ0v) is 6.30. The number of hydrogen-bond donors (Lipinski definition) is 2. The van der Waals surface area contributed by atoms with Gasteiger partial charge in [-0.2, -0.15) is 0 Å². The number of carbonyl (C=O) groups is 1. The van der Waals surface area contributed by atoms with Crippen molar-refractivity contribution in [3.63, 3.8) is 0 Å². The average Bonchev–Trinajstić information content (AvgIpc) is 1.87. The molecule has 0 rings (SSSR count). The number of aliphatic carboxylic acids is 1. The van der Waals surface area contributed by atoms with E-state index in [2.05, 4.69) is 0 Å². The van der Waals surface area contributed by atoms with Gasteiger partial charge in [0.1, 0.15) is 0 Å². The molecular formula is C6H9ClO3. The van der Waals surface area contributed by atoms with Crippen LogP contribution in [-0.2, 0) is 4.79 Å². The fraction of sp³-hybridized carbons (Fsp3) is 0.500. The Balaban J connectivity index is 4.02. The van der Waals surface area contributed by atoms with E-state index in [-0.39, 0.29) is 12.2 Å². The maximum absolute atomic E-state index is 10.1. The van der Waals surface area contributed by atoms with Crippen LogP contribution in [-0.4, -0.2) is 28.2 Å². The van der Waals surface area contributed by atoms with Crippen molar-refractivity contribution in [1.82, 2.24) is 0 Å². The molecule has 0 bridgehead atoms. The lowest BCUT2D eigenvalue weighted by Crippen LogP contribution is -2.04. The molecule has 0 aromatic carbocycles. The van der Waals surface area contributed by atoms with Gasteiger partial charge in [-0.15, -0.1) is 11.6 Å². The van der Waals surface area contributed by atoms with Crippen LogP contribution in [0, 0.1) is 0 Å². The Bertz CT molecular complexity index is 153. The lowest BCUT2D eigenvalue weighted by atomic mass is 10.2. The van der Waals surface area contributed by atoms with Crippen molar-refractivity contribution in [2.75, 3.05) is 6.61 Å². The standard InChI is InChI=1S/C6H9ClO3/c1-4(6(9)10)2-5(7)3-8/h2,5,8H,3H2,1H3,(H,9,10). The normalized spacial score (nSPS) is 14.9. The molecule has 0 saturated heterocycles. The summed E-state index contributed by atoms with van der Waals surface area (Å²) in [6, 6.07) is 0. The molecule has 0 aromatic heterocycles. The molecule has 58 valence electrons. The van der Waals surface area contributed by atoms with Gasteiger partial charge in [-0.05, 0) is 6.92 Å². The summed E-state index contributed by atoms with van der Waals surface area (Å²) >= 11 is 5.41. The summed E-state index contributed by atoms with van der Waals surface area (Å²) in [5.74, 6) is -1.01. The molecule has 0 heterocycles. The van der Waals surface area contributed by atoms with Crippen LogP contribution in [0.15, 0.2) is 11.6 Å². The molecule has 0 radical (unpaired) electrons. The van der Waals surface area contributed by atoms with Crippen LogP contribution in [0.5, 0.6) is 0 Å². The van der Waals surface area contributed by atoms with Crippen LogP contribution in [0.2, 0.25) is 0 Å². The monoisotopic (exact) mass is 164 g/mol. The molecule has 0 aliphatic carbocycles. The van der Waals surface area contributed by atoms with Gasteiger partial charge in [0, 0.05) is 5.57 Å². The maximum atomic E-state index is 10.1. The first-order valence-electron chi connectivity index (χ1n) is 2.74. The van der Waals surface area contributed by atoms with Crippen molar-refractivity contribution in [2.24, 2.45) is 0 Å². The predicted octanol–water partition coefficient (Wildman–Crippen LogP) is 0.617. The molecule has 0 spiro atoms. The molecule has 0 fully saturated rings. The predicted molar refractivity (Wildman–Crippen MR) is 38.1 cm³/mol. The Hall–Kier alpha value is -0.540. The zero-order chi connectivity index (χ0) is 8.15. The minimum atomic E-state index is -1.01. The minimum Gasteiger partial charge on any atom is -0.478 e. The molecule has 0 aromatic rings. The van der Waals surface area contributed by atoms with Crippen molar-refractivity contribution in [3.8, 4) is 0 Å². The van der Waals surface area contributed by atoms with Crippen LogP contribution in [0.25, 0.3) is 0 Å². The van der Waals surface area contributed by atoms with Gasteiger partial charge in [-0.1, -0.05) is 6.08 Å². The van der Waals surface area contributed by atoms with E-state index in [0.717, 1.165) is 0 Å². The lowest BCUT2D eigenvalue weighted by Gasteiger charge is -1.97. The summed E-state index contributed by atoms with van der Waals surface area (Å²) in [5.41, 5.74) is 0.147. The van der Waals surface area contributed by atoms with Crippen LogP contribution in [0.1, 0.15) is 6.92 Å². The van der Waals surface area contributed by atoms with Gasteiger partial charge in [0.15, 0.2) is 0 Å². The van der Waals surface area contributed by atoms with E-state index in [4.69, 9.17) is 21.8 Å². The van der Waals surface area contributed by atoms with E-state index in [9.17, 15) is 4.79 Å². The summed E-state index contributed by atoms with van der Waals surface area (Å²) in [4.78, 5) is 10.1. The summed E-state index contributed by atoms with van der Waals surface area (Å²) in [6.07, 6.45) is 1.30. The fourth-order valence-corrected chi connectivity index (χ4v) is 0.584. The third-order valence-corrected chi connectivity index (χ3v) is 1.21. The Morgan fingerprint density at radius 1 is 1.80 bits per heavy atom. The third kappa shape index (κ3) is 3.48. The highest BCUT2D eigenvalue weighted by Crippen LogP contribution is 2.01. The molecule has 4 heteroatoms. The first-order chi connectivity index (χ1) is 4.57. The van der Waals surface area contributed by atoms with Gasteiger partial charge in [-0.3, -0.25) is 0 Å². The van der Waals surface area contributed by atoms with Crippen LogP contribution in [0.4, 0.5) is 0 Å². The van der Waals surface area contributed by atoms with Crippen molar-refractivity contribution in [2.45, 2.75) is 12.3 Å². The van der Waals surface area contributed by atoms with E-state index in [1.807, 2.05) is 0 Å². The second-order valence-electron chi connectivity index (χ2n) is 1.85. The van der Waals surface area contributed by atoms with E-state index >= 15 is 0 Å². The fourth-order valence-electron chi connectivity index (χ4n) is 0.395. The number of hydrogen-bond acceptors (Lipinski definition) is 2. The van der Waals surface area contributed by atoms with Gasteiger partial charge in [0.05, 0.1) is 12.0 Å². The molecule has 0 saturated carbocycles. The smallest absolute Gasteiger partial charge is 0.330 e. The molecular weight excluding hydrogens is 156 g/mol. The summed E-state index contributed by atoms with van der Waals surface area (Å²) in [6.45, 7) is 1.18. The Labute approximate surface area is 63.9 Å². The van der Waals surface area contributed by atoms with Crippen molar-refractivity contribution < 1.29 is 15.0 Å². The summed E-state index contributed by atoms with van der Waals surface area (Å²) < 4.78 is 0. The van der Waals surface area contributed by atoms with Crippen molar-refractivity contribution >= 4 is 17.6 Å². The largest absolute Gasteiger partial charge is 0.478 e. The highest BCUT2D eigenvalue weighted by molar-refractivity contribution is 6.22. The minimum absolute atomic E-state index is 0.147.